The quantitative estimate of drug-likeness (QED) is 0.814. The summed E-state index contributed by atoms with van der Waals surface area (Å²) in [7, 11) is 0. The summed E-state index contributed by atoms with van der Waals surface area (Å²) >= 11 is 0. The van der Waals surface area contributed by atoms with E-state index in [0.29, 0.717) is 24.0 Å². The van der Waals surface area contributed by atoms with Gasteiger partial charge in [-0.2, -0.15) is 0 Å². The van der Waals surface area contributed by atoms with E-state index in [0.717, 1.165) is 25.7 Å². The number of nitrogens with one attached hydrogen (secondary N) is 1. The minimum atomic E-state index is 0.533. The van der Waals surface area contributed by atoms with Gasteiger partial charge in [0.25, 0.3) is 0 Å². The van der Waals surface area contributed by atoms with Gasteiger partial charge in [0, 0.05) is 37.8 Å². The van der Waals surface area contributed by atoms with Gasteiger partial charge in [-0.15, -0.1) is 0 Å². The molecule has 3 atom stereocenters. The maximum Gasteiger partial charge on any atom is 0.0619 e. The predicted octanol–water partition coefficient (Wildman–Crippen LogP) is 3.29. The molecule has 0 radical (unpaired) electrons. The van der Waals surface area contributed by atoms with Crippen LogP contribution in [0.4, 0.5) is 0 Å². The third-order valence-electron chi connectivity index (χ3n) is 5.54. The molecular formula is C18H36N2O. The molecule has 1 aliphatic heterocycles. The Balaban J connectivity index is 1.97. The fourth-order valence-electron chi connectivity index (χ4n) is 4.18. The van der Waals surface area contributed by atoms with Crippen LogP contribution >= 0.6 is 0 Å². The van der Waals surface area contributed by atoms with E-state index < -0.39 is 0 Å². The summed E-state index contributed by atoms with van der Waals surface area (Å²) in [5, 5.41) is 3.88. The smallest absolute Gasteiger partial charge is 0.0619 e. The molecule has 3 nitrogen and oxygen atoms in total. The molecule has 3 heteroatoms. The zero-order valence-corrected chi connectivity index (χ0v) is 14.6. The summed E-state index contributed by atoms with van der Waals surface area (Å²) in [6.07, 6.45) is 7.17. The largest absolute Gasteiger partial charge is 0.380 e. The van der Waals surface area contributed by atoms with Crippen LogP contribution in [0.1, 0.15) is 59.8 Å². The van der Waals surface area contributed by atoms with Crippen LogP contribution in [0.25, 0.3) is 0 Å². The number of hydrogen-bond donors (Lipinski definition) is 1. The Morgan fingerprint density at radius 3 is 2.48 bits per heavy atom. The zero-order valence-electron chi connectivity index (χ0n) is 14.6. The second-order valence-corrected chi connectivity index (χ2v) is 7.43. The van der Waals surface area contributed by atoms with Gasteiger partial charge in [-0.3, -0.25) is 4.90 Å². The van der Waals surface area contributed by atoms with Crippen molar-refractivity contribution in [1.29, 1.82) is 0 Å². The third kappa shape index (κ3) is 4.67. The van der Waals surface area contributed by atoms with Gasteiger partial charge in [0.05, 0.1) is 6.61 Å². The van der Waals surface area contributed by atoms with Crippen LogP contribution in [-0.4, -0.2) is 49.3 Å². The first-order valence-corrected chi connectivity index (χ1v) is 9.20. The Morgan fingerprint density at radius 2 is 1.86 bits per heavy atom. The molecule has 2 aliphatic rings. The van der Waals surface area contributed by atoms with E-state index in [1.165, 1.54) is 38.6 Å². The minimum absolute atomic E-state index is 0.533. The molecule has 1 N–H and O–H groups in total. The average Bonchev–Trinajstić information content (AvgIpc) is 2.52. The maximum atomic E-state index is 5.70. The van der Waals surface area contributed by atoms with Crippen LogP contribution in [0, 0.1) is 11.8 Å². The van der Waals surface area contributed by atoms with Crippen LogP contribution in [0.3, 0.4) is 0 Å². The normalized spacial score (nSPS) is 30.7. The second kappa shape index (κ2) is 8.50. The lowest BCUT2D eigenvalue weighted by atomic mass is 9.82. The molecule has 21 heavy (non-hydrogen) atoms. The Kier molecular flexibility index (Phi) is 6.97. The lowest BCUT2D eigenvalue weighted by molar-refractivity contribution is 0.00313. The summed E-state index contributed by atoms with van der Waals surface area (Å²) < 4.78 is 5.70. The van der Waals surface area contributed by atoms with Gasteiger partial charge < -0.3 is 10.1 Å². The van der Waals surface area contributed by atoms with E-state index in [2.05, 4.69) is 37.9 Å². The zero-order chi connectivity index (χ0) is 15.2. The highest BCUT2D eigenvalue weighted by molar-refractivity contribution is 4.93. The van der Waals surface area contributed by atoms with Gasteiger partial charge in [-0.25, -0.2) is 0 Å². The van der Waals surface area contributed by atoms with Crippen molar-refractivity contribution < 1.29 is 4.74 Å². The number of nitrogens with zero attached hydrogens (tertiary/aromatic N) is 1. The number of hydrogen-bond acceptors (Lipinski definition) is 3. The Hall–Kier alpha value is -0.120. The first-order chi connectivity index (χ1) is 10.1. The summed E-state index contributed by atoms with van der Waals surface area (Å²) in [4.78, 5) is 2.73. The van der Waals surface area contributed by atoms with Crippen molar-refractivity contribution in [2.45, 2.75) is 77.9 Å². The first kappa shape index (κ1) is 17.2. The molecule has 1 heterocycles. The summed E-state index contributed by atoms with van der Waals surface area (Å²) in [6, 6.07) is 1.88. The molecule has 0 aromatic rings. The van der Waals surface area contributed by atoms with Crippen molar-refractivity contribution in [2.24, 2.45) is 11.8 Å². The van der Waals surface area contributed by atoms with E-state index in [-0.39, 0.29) is 0 Å². The van der Waals surface area contributed by atoms with Crippen molar-refractivity contribution in [3.8, 4) is 0 Å². The van der Waals surface area contributed by atoms with E-state index in [4.69, 9.17) is 4.74 Å². The predicted molar refractivity (Wildman–Crippen MR) is 89.7 cm³/mol. The van der Waals surface area contributed by atoms with Crippen molar-refractivity contribution in [2.75, 3.05) is 26.3 Å². The van der Waals surface area contributed by atoms with Crippen molar-refractivity contribution >= 4 is 0 Å². The van der Waals surface area contributed by atoms with Crippen LogP contribution in [0.2, 0.25) is 0 Å². The Morgan fingerprint density at radius 1 is 1.14 bits per heavy atom. The molecular weight excluding hydrogens is 260 g/mol. The fourth-order valence-corrected chi connectivity index (χ4v) is 4.18. The highest BCUT2D eigenvalue weighted by Crippen LogP contribution is 2.30. The van der Waals surface area contributed by atoms with E-state index in [1.54, 1.807) is 0 Å². The Labute approximate surface area is 131 Å². The van der Waals surface area contributed by atoms with Gasteiger partial charge >= 0.3 is 0 Å². The van der Waals surface area contributed by atoms with Crippen molar-refractivity contribution in [3.05, 3.63) is 0 Å². The summed E-state index contributed by atoms with van der Waals surface area (Å²) in [5.41, 5.74) is 0. The monoisotopic (exact) mass is 296 g/mol. The van der Waals surface area contributed by atoms with Crippen LogP contribution in [0.5, 0.6) is 0 Å². The second-order valence-electron chi connectivity index (χ2n) is 7.43. The average molecular weight is 296 g/mol. The fraction of sp³-hybridized carbons (Fsp3) is 1.00. The first-order valence-electron chi connectivity index (χ1n) is 9.20. The van der Waals surface area contributed by atoms with Gasteiger partial charge in [0.1, 0.15) is 0 Å². The third-order valence-corrected chi connectivity index (χ3v) is 5.54. The van der Waals surface area contributed by atoms with Crippen molar-refractivity contribution in [3.63, 3.8) is 0 Å². The minimum Gasteiger partial charge on any atom is -0.380 e. The topological polar surface area (TPSA) is 24.5 Å². The number of rotatable bonds is 6. The van der Waals surface area contributed by atoms with Crippen LogP contribution in [-0.2, 0) is 4.74 Å². The molecule has 1 aliphatic carbocycles. The van der Waals surface area contributed by atoms with E-state index in [9.17, 15) is 0 Å². The molecule has 0 bridgehead atoms. The van der Waals surface area contributed by atoms with Crippen LogP contribution < -0.4 is 5.32 Å². The highest BCUT2D eigenvalue weighted by atomic mass is 16.5. The SMILES string of the molecule is CCOCC(C)N1CC(C2CCCCC2)NCC1C(C)C. The molecule has 2 rings (SSSR count). The highest BCUT2D eigenvalue weighted by Gasteiger charge is 2.36. The molecule has 1 saturated heterocycles. The molecule has 0 aromatic heterocycles. The molecule has 0 spiro atoms. The molecule has 124 valence electrons. The van der Waals surface area contributed by atoms with Gasteiger partial charge in [-0.1, -0.05) is 33.1 Å². The lowest BCUT2D eigenvalue weighted by Crippen LogP contribution is -2.63. The van der Waals surface area contributed by atoms with Crippen LogP contribution in [0.15, 0.2) is 0 Å². The molecule has 2 fully saturated rings. The van der Waals surface area contributed by atoms with Crippen molar-refractivity contribution in [1.82, 2.24) is 10.2 Å². The van der Waals surface area contributed by atoms with E-state index >= 15 is 0 Å². The molecule has 0 amide bonds. The Bertz CT molecular complexity index is 289. The lowest BCUT2D eigenvalue weighted by Gasteiger charge is -2.47. The summed E-state index contributed by atoms with van der Waals surface area (Å²) in [6.45, 7) is 13.2. The maximum absolute atomic E-state index is 5.70. The molecule has 0 aromatic carbocycles. The van der Waals surface area contributed by atoms with Gasteiger partial charge in [-0.05, 0) is 38.5 Å². The molecule has 3 unspecified atom stereocenters. The standard InChI is InChI=1S/C18H36N2O/c1-5-21-13-15(4)20-12-17(16-9-7-6-8-10-16)19-11-18(20)14(2)3/h14-19H,5-13H2,1-4H3. The van der Waals surface area contributed by atoms with E-state index in [1.807, 2.05) is 0 Å². The summed E-state index contributed by atoms with van der Waals surface area (Å²) in [5.74, 6) is 1.60. The van der Waals surface area contributed by atoms with Gasteiger partial charge in [0.2, 0.25) is 0 Å². The number of piperazine rings is 1. The molecule has 1 saturated carbocycles. The van der Waals surface area contributed by atoms with Gasteiger partial charge in [0.15, 0.2) is 0 Å². The number of ether oxygens (including phenoxy) is 1.